The SMILES string of the molecule is COc1nc2[nH]cc(F)c2cc1Oc1cc(N2CCC3(CC2)CC(N2CCN(Cc4ccnc5c4NCC4(CC4)O5)C[C@H]2c2ccccc2C(C)C)C3)ccc1C(=O)NS(=O)(=O)c1cnc(NCC2CCC(C)(O)CC2)c([N+](=O)[O-])c1. The average Bonchev–Trinajstić information content (AvgIpc) is 4.18. The third-order valence-corrected chi connectivity index (χ3v) is 19.4. The van der Waals surface area contributed by atoms with Crippen LogP contribution >= 0.6 is 0 Å². The molecule has 22 heteroatoms. The molecule has 3 aliphatic heterocycles. The lowest BCUT2D eigenvalue weighted by molar-refractivity contribution is -0.384. The Labute approximate surface area is 470 Å². The number of aromatic nitrogens is 4. The van der Waals surface area contributed by atoms with Gasteiger partial charge in [0.2, 0.25) is 11.7 Å². The number of carbonyl (C=O) groups is 1. The number of aromatic amines is 1. The predicted molar refractivity (Wildman–Crippen MR) is 303 cm³/mol. The molecule has 5 fully saturated rings. The Bertz CT molecular complexity index is 3490. The maximum atomic E-state index is 15.0. The first-order chi connectivity index (χ1) is 38.9. The van der Waals surface area contributed by atoms with Crippen molar-refractivity contribution in [3.63, 3.8) is 0 Å². The van der Waals surface area contributed by atoms with E-state index in [1.165, 1.54) is 35.9 Å². The van der Waals surface area contributed by atoms with Crippen LogP contribution in [-0.4, -0.2) is 124 Å². The predicted octanol–water partition coefficient (Wildman–Crippen LogP) is 9.44. The minimum absolute atomic E-state index is 0.0158. The Morgan fingerprint density at radius 2 is 1.78 bits per heavy atom. The van der Waals surface area contributed by atoms with Crippen molar-refractivity contribution in [2.24, 2.45) is 11.3 Å². The highest BCUT2D eigenvalue weighted by atomic mass is 32.2. The highest BCUT2D eigenvalue weighted by molar-refractivity contribution is 7.90. The molecule has 2 spiro atoms. The Morgan fingerprint density at radius 1 is 1.00 bits per heavy atom. The summed E-state index contributed by atoms with van der Waals surface area (Å²) in [5.74, 6) is -0.668. The van der Waals surface area contributed by atoms with E-state index in [0.29, 0.717) is 44.2 Å². The molecular formula is C59H70FN11O9S. The number of pyridine rings is 3. The molecule has 0 bridgehead atoms. The number of methoxy groups -OCH3 is 1. The van der Waals surface area contributed by atoms with E-state index >= 15 is 0 Å². The maximum Gasteiger partial charge on any atom is 0.312 e. The number of piperidine rings is 1. The number of aliphatic hydroxyl groups is 1. The van der Waals surface area contributed by atoms with E-state index < -0.39 is 42.9 Å². The fraction of sp³-hybridized carbons (Fsp3) is 0.492. The van der Waals surface area contributed by atoms with Gasteiger partial charge in [0.05, 0.1) is 41.3 Å². The van der Waals surface area contributed by atoms with E-state index in [1.807, 2.05) is 6.20 Å². The van der Waals surface area contributed by atoms with Gasteiger partial charge in [0, 0.05) is 94.2 Å². The molecule has 2 saturated heterocycles. The monoisotopic (exact) mass is 1130 g/mol. The highest BCUT2D eigenvalue weighted by Gasteiger charge is 2.51. The van der Waals surface area contributed by atoms with Crippen LogP contribution < -0.4 is 34.5 Å². The van der Waals surface area contributed by atoms with Crippen molar-refractivity contribution in [1.29, 1.82) is 0 Å². The molecule has 0 radical (unpaired) electrons. The lowest BCUT2D eigenvalue weighted by Gasteiger charge is -2.58. The van der Waals surface area contributed by atoms with Crippen LogP contribution in [0.3, 0.4) is 0 Å². The highest BCUT2D eigenvalue weighted by Crippen LogP contribution is 2.54. The van der Waals surface area contributed by atoms with Crippen molar-refractivity contribution in [1.82, 2.24) is 34.5 Å². The smallest absolute Gasteiger partial charge is 0.312 e. The van der Waals surface area contributed by atoms with Crippen LogP contribution in [0.4, 0.5) is 27.3 Å². The van der Waals surface area contributed by atoms with E-state index in [4.69, 9.17) is 14.2 Å². The summed E-state index contributed by atoms with van der Waals surface area (Å²) in [6.45, 7) is 12.5. The van der Waals surface area contributed by atoms with Gasteiger partial charge in [-0.1, -0.05) is 38.1 Å². The van der Waals surface area contributed by atoms with Crippen molar-refractivity contribution in [2.75, 3.05) is 68.5 Å². The van der Waals surface area contributed by atoms with Gasteiger partial charge in [0.25, 0.3) is 21.8 Å². The number of H-pyrrole nitrogens is 1. The fourth-order valence-corrected chi connectivity index (χ4v) is 14.0. The first-order valence-electron chi connectivity index (χ1n) is 28.3. The summed E-state index contributed by atoms with van der Waals surface area (Å²) < 4.78 is 63.2. The lowest BCUT2D eigenvalue weighted by atomic mass is 9.59. The second kappa shape index (κ2) is 21.3. The zero-order valence-electron chi connectivity index (χ0n) is 46.2. The molecule has 7 heterocycles. The summed E-state index contributed by atoms with van der Waals surface area (Å²) in [5.41, 5.74) is 4.49. The zero-order valence-corrected chi connectivity index (χ0v) is 47.0. The molecule has 0 unspecified atom stereocenters. The molecular weight excluding hydrogens is 1060 g/mol. The maximum absolute atomic E-state index is 15.0. The fourth-order valence-electron chi connectivity index (χ4n) is 13.0. The van der Waals surface area contributed by atoms with Crippen LogP contribution in [0.5, 0.6) is 23.3 Å². The van der Waals surface area contributed by atoms with Crippen molar-refractivity contribution in [3.8, 4) is 23.3 Å². The molecule has 12 rings (SSSR count). The normalized spacial score (nSPS) is 22.6. The minimum Gasteiger partial charge on any atom is -0.478 e. The Hall–Kier alpha value is -7.14. The molecule has 2 aromatic carbocycles. The molecule has 4 aromatic heterocycles. The van der Waals surface area contributed by atoms with Gasteiger partial charge in [-0.3, -0.25) is 24.7 Å². The molecule has 5 N–H and O–H groups in total. The molecule has 20 nitrogen and oxygen atoms in total. The number of halogens is 1. The Morgan fingerprint density at radius 3 is 2.52 bits per heavy atom. The van der Waals surface area contributed by atoms with E-state index in [0.717, 1.165) is 120 Å². The van der Waals surface area contributed by atoms with Gasteiger partial charge in [0.15, 0.2) is 5.75 Å². The summed E-state index contributed by atoms with van der Waals surface area (Å²) in [6, 6.07) is 18.8. The summed E-state index contributed by atoms with van der Waals surface area (Å²) in [6.07, 6.45) is 12.8. The minimum atomic E-state index is -4.75. The van der Waals surface area contributed by atoms with Gasteiger partial charge in [-0.2, -0.15) is 4.98 Å². The molecule has 6 aliphatic rings. The number of hydrogen-bond donors (Lipinski definition) is 5. The number of fused-ring (bicyclic) bond motifs is 2. The second-order valence-electron chi connectivity index (χ2n) is 24.0. The van der Waals surface area contributed by atoms with Crippen LogP contribution in [0, 0.1) is 27.3 Å². The third kappa shape index (κ3) is 11.1. The van der Waals surface area contributed by atoms with Gasteiger partial charge in [0.1, 0.15) is 33.4 Å². The van der Waals surface area contributed by atoms with Crippen molar-refractivity contribution in [2.45, 2.75) is 126 Å². The molecule has 428 valence electrons. The number of nitrogens with zero attached hydrogens (tertiary/aromatic N) is 7. The summed E-state index contributed by atoms with van der Waals surface area (Å²) in [7, 11) is -3.38. The second-order valence-corrected chi connectivity index (χ2v) is 25.7. The molecule has 1 atom stereocenters. The van der Waals surface area contributed by atoms with Crippen LogP contribution in [0.25, 0.3) is 11.0 Å². The van der Waals surface area contributed by atoms with E-state index in [9.17, 15) is 32.8 Å². The van der Waals surface area contributed by atoms with Crippen molar-refractivity contribution < 1.29 is 41.8 Å². The first kappa shape index (κ1) is 54.4. The molecule has 1 amide bonds. The first-order valence-corrected chi connectivity index (χ1v) is 29.8. The largest absolute Gasteiger partial charge is 0.478 e. The average molecular weight is 1130 g/mol. The number of nitrogens with one attached hydrogen (secondary N) is 4. The zero-order chi connectivity index (χ0) is 56.4. The van der Waals surface area contributed by atoms with Gasteiger partial charge < -0.3 is 39.8 Å². The summed E-state index contributed by atoms with van der Waals surface area (Å²) >= 11 is 0. The Balaban J connectivity index is 0.753. The third-order valence-electron chi connectivity index (χ3n) is 18.1. The number of amides is 1. The number of benzene rings is 2. The quantitative estimate of drug-likeness (QED) is 0.0448. The number of rotatable bonds is 16. The summed E-state index contributed by atoms with van der Waals surface area (Å²) in [5, 5.41) is 29.4. The lowest BCUT2D eigenvalue weighted by Crippen LogP contribution is -2.60. The topological polar surface area (TPSA) is 243 Å². The van der Waals surface area contributed by atoms with Gasteiger partial charge in [-0.05, 0) is 123 Å². The van der Waals surface area contributed by atoms with E-state index in [-0.39, 0.29) is 62.8 Å². The summed E-state index contributed by atoms with van der Waals surface area (Å²) in [4.78, 5) is 48.7. The van der Waals surface area contributed by atoms with Crippen LogP contribution in [0.1, 0.15) is 124 Å². The van der Waals surface area contributed by atoms with Crippen LogP contribution in [0.15, 0.2) is 84.1 Å². The molecule has 3 saturated carbocycles. The number of sulfonamides is 1. The van der Waals surface area contributed by atoms with Crippen molar-refractivity contribution in [3.05, 3.63) is 117 Å². The van der Waals surface area contributed by atoms with Crippen LogP contribution in [0.2, 0.25) is 0 Å². The standard InChI is InChI=1S/C59H70FN11O9S/c1-36(2)42-7-5-6-8-43(42)48-34-68(33-38-13-20-61-56-51(38)65-35-59(80-56)16-17-59)23-24-70(48)40-28-58(29-40)18-21-69(22-19-58)39-9-10-44(49(25-39)79-50-27-45-46(60)32-64-52(45)66-55(50)78-4)54(72)67-81(76,77)41-26-47(71(74)75)53(63-31-41)62-30-37-11-14-57(3,73)15-12-37/h5-10,13,20,25-27,31-32,36-37,40,48,65,73H,11-12,14-19,21-24,28-30,33-35H2,1-4H3,(H,62,63)(H,64,66)(H,67,72)/t37?,48-,57?/m0/s1. The molecule has 6 aromatic rings. The number of hydrogen-bond acceptors (Lipinski definition) is 17. The number of anilines is 3. The van der Waals surface area contributed by atoms with E-state index in [2.05, 4.69) is 94.2 Å². The molecule has 3 aliphatic carbocycles. The van der Waals surface area contributed by atoms with Gasteiger partial charge >= 0.3 is 5.69 Å². The number of carbonyl (C=O) groups excluding carboxylic acids is 1. The van der Waals surface area contributed by atoms with Gasteiger partial charge in [-0.25, -0.2) is 27.5 Å². The van der Waals surface area contributed by atoms with Gasteiger partial charge in [-0.15, -0.1) is 0 Å². The van der Waals surface area contributed by atoms with Crippen LogP contribution in [-0.2, 0) is 16.6 Å². The number of piperazine rings is 1. The Kier molecular flexibility index (Phi) is 14.3. The van der Waals surface area contributed by atoms with Crippen molar-refractivity contribution >= 4 is 49.8 Å². The van der Waals surface area contributed by atoms with E-state index in [1.54, 1.807) is 19.1 Å². The molecule has 81 heavy (non-hydrogen) atoms. The number of nitro groups is 1. The number of ether oxygens (including phenoxy) is 3.